The third-order valence-electron chi connectivity index (χ3n) is 5.18. The second-order valence-corrected chi connectivity index (χ2v) is 8.17. The third kappa shape index (κ3) is 5.55. The topological polar surface area (TPSA) is 70.1 Å². The number of carbonyl (C=O) groups is 1. The highest BCUT2D eigenvalue weighted by Crippen LogP contribution is 2.22. The molecule has 0 spiro atoms. The average molecular weight is 414 g/mol. The Balaban J connectivity index is 1.25. The molecule has 154 valence electrons. The quantitative estimate of drug-likeness (QED) is 0.582. The van der Waals surface area contributed by atoms with Crippen LogP contribution in [0.5, 0.6) is 0 Å². The summed E-state index contributed by atoms with van der Waals surface area (Å²) in [4.78, 5) is 21.3. The SMILES string of the molecule is O=C(Cc1csc(N2CCOCC2)n1)N/N=C\c1ccc(N2CCCCC2)cc1. The number of benzene rings is 1. The molecule has 0 radical (unpaired) electrons. The fraction of sp³-hybridized carbons (Fsp3) is 0.476. The molecule has 2 aliphatic heterocycles. The van der Waals surface area contributed by atoms with Crippen LogP contribution in [0.15, 0.2) is 34.7 Å². The van der Waals surface area contributed by atoms with Crippen molar-refractivity contribution in [1.29, 1.82) is 0 Å². The van der Waals surface area contributed by atoms with Crippen LogP contribution in [0.3, 0.4) is 0 Å². The van der Waals surface area contributed by atoms with E-state index in [0.717, 1.165) is 55.8 Å². The number of hydrogen-bond donors (Lipinski definition) is 1. The lowest BCUT2D eigenvalue weighted by atomic mass is 10.1. The average Bonchev–Trinajstić information content (AvgIpc) is 3.24. The highest BCUT2D eigenvalue weighted by Gasteiger charge is 2.15. The number of hydrogen-bond acceptors (Lipinski definition) is 7. The Labute approximate surface area is 175 Å². The molecule has 0 atom stereocenters. The molecule has 0 bridgehead atoms. The fourth-order valence-corrected chi connectivity index (χ4v) is 4.46. The molecule has 0 unspecified atom stereocenters. The number of piperidine rings is 1. The van der Waals surface area contributed by atoms with Crippen LogP contribution in [-0.4, -0.2) is 56.5 Å². The van der Waals surface area contributed by atoms with Gasteiger partial charge in [0.15, 0.2) is 5.13 Å². The van der Waals surface area contributed by atoms with E-state index < -0.39 is 0 Å². The maximum atomic E-state index is 12.1. The maximum absolute atomic E-state index is 12.1. The first kappa shape index (κ1) is 19.8. The van der Waals surface area contributed by atoms with Crippen LogP contribution in [0.2, 0.25) is 0 Å². The van der Waals surface area contributed by atoms with Crippen molar-refractivity contribution in [3.8, 4) is 0 Å². The first-order valence-corrected chi connectivity index (χ1v) is 11.1. The predicted octanol–water partition coefficient (Wildman–Crippen LogP) is 2.66. The van der Waals surface area contributed by atoms with Crippen LogP contribution in [0.1, 0.15) is 30.5 Å². The summed E-state index contributed by atoms with van der Waals surface area (Å²) in [6, 6.07) is 8.32. The minimum atomic E-state index is -0.162. The number of amides is 1. The summed E-state index contributed by atoms with van der Waals surface area (Å²) in [5.74, 6) is -0.162. The van der Waals surface area contributed by atoms with Gasteiger partial charge < -0.3 is 14.5 Å². The number of nitrogens with zero attached hydrogens (tertiary/aromatic N) is 4. The van der Waals surface area contributed by atoms with Crippen molar-refractivity contribution >= 4 is 34.3 Å². The molecule has 1 aromatic heterocycles. The van der Waals surface area contributed by atoms with Crippen LogP contribution >= 0.6 is 11.3 Å². The second kappa shape index (κ2) is 9.84. The van der Waals surface area contributed by atoms with E-state index in [1.165, 1.54) is 24.9 Å². The zero-order valence-electron chi connectivity index (χ0n) is 16.5. The van der Waals surface area contributed by atoms with E-state index in [9.17, 15) is 4.79 Å². The van der Waals surface area contributed by atoms with Gasteiger partial charge in [-0.3, -0.25) is 4.79 Å². The number of thiazole rings is 1. The van der Waals surface area contributed by atoms with E-state index in [0.29, 0.717) is 0 Å². The summed E-state index contributed by atoms with van der Waals surface area (Å²) in [5, 5.41) is 6.98. The zero-order valence-corrected chi connectivity index (χ0v) is 17.4. The second-order valence-electron chi connectivity index (χ2n) is 7.33. The summed E-state index contributed by atoms with van der Waals surface area (Å²) < 4.78 is 5.36. The van der Waals surface area contributed by atoms with Crippen LogP contribution in [0.25, 0.3) is 0 Å². The van der Waals surface area contributed by atoms with Gasteiger partial charge in [-0.15, -0.1) is 11.3 Å². The first-order valence-electron chi connectivity index (χ1n) is 10.2. The molecule has 8 heteroatoms. The highest BCUT2D eigenvalue weighted by atomic mass is 32.1. The number of rotatable bonds is 6. The molecule has 2 aromatic rings. The molecule has 1 amide bonds. The van der Waals surface area contributed by atoms with E-state index in [4.69, 9.17) is 4.74 Å². The van der Waals surface area contributed by atoms with Crippen LogP contribution in [0, 0.1) is 0 Å². The molecular formula is C21H27N5O2S. The van der Waals surface area contributed by atoms with Crippen molar-refractivity contribution in [3.63, 3.8) is 0 Å². The number of ether oxygens (including phenoxy) is 1. The van der Waals surface area contributed by atoms with Gasteiger partial charge in [0.2, 0.25) is 5.91 Å². The van der Waals surface area contributed by atoms with Crippen molar-refractivity contribution in [2.45, 2.75) is 25.7 Å². The molecule has 1 aromatic carbocycles. The smallest absolute Gasteiger partial charge is 0.246 e. The summed E-state index contributed by atoms with van der Waals surface area (Å²) in [6.45, 7) is 5.41. The molecule has 3 heterocycles. The van der Waals surface area contributed by atoms with Gasteiger partial charge in [-0.2, -0.15) is 5.10 Å². The zero-order chi connectivity index (χ0) is 19.9. The van der Waals surface area contributed by atoms with Gasteiger partial charge in [-0.25, -0.2) is 10.4 Å². The lowest BCUT2D eigenvalue weighted by Gasteiger charge is -2.28. The van der Waals surface area contributed by atoms with Gasteiger partial charge >= 0.3 is 0 Å². The molecule has 4 rings (SSSR count). The molecule has 1 N–H and O–H groups in total. The van der Waals surface area contributed by atoms with E-state index in [2.05, 4.69) is 37.4 Å². The van der Waals surface area contributed by atoms with Crippen LogP contribution in [-0.2, 0) is 16.0 Å². The lowest BCUT2D eigenvalue weighted by Crippen LogP contribution is -2.36. The Kier molecular flexibility index (Phi) is 6.74. The standard InChI is InChI=1S/C21H27N5O2S/c27-20(14-18-16-29-21(23-18)26-10-12-28-13-11-26)24-22-15-17-4-6-19(7-5-17)25-8-2-1-3-9-25/h4-7,15-16H,1-3,8-14H2,(H,24,27)/b22-15-. The molecular weight excluding hydrogens is 386 g/mol. The minimum absolute atomic E-state index is 0.162. The van der Waals surface area contributed by atoms with Gasteiger partial charge in [0.05, 0.1) is 31.5 Å². The number of carbonyl (C=O) groups excluding carboxylic acids is 1. The Morgan fingerprint density at radius 3 is 2.62 bits per heavy atom. The number of nitrogens with one attached hydrogen (secondary N) is 1. The number of morpholine rings is 1. The van der Waals surface area contributed by atoms with Crippen molar-refractivity contribution in [2.75, 3.05) is 49.2 Å². The largest absolute Gasteiger partial charge is 0.378 e. The van der Waals surface area contributed by atoms with Gasteiger partial charge in [0, 0.05) is 37.2 Å². The van der Waals surface area contributed by atoms with Crippen molar-refractivity contribution in [2.24, 2.45) is 5.10 Å². The number of hydrazone groups is 1. The maximum Gasteiger partial charge on any atom is 0.246 e. The Morgan fingerprint density at radius 1 is 1.10 bits per heavy atom. The minimum Gasteiger partial charge on any atom is -0.378 e. The molecule has 2 fully saturated rings. The van der Waals surface area contributed by atoms with E-state index >= 15 is 0 Å². The molecule has 0 saturated carbocycles. The monoisotopic (exact) mass is 413 g/mol. The van der Waals surface area contributed by atoms with E-state index in [1.807, 2.05) is 17.5 Å². The van der Waals surface area contributed by atoms with E-state index in [-0.39, 0.29) is 12.3 Å². The lowest BCUT2D eigenvalue weighted by molar-refractivity contribution is -0.120. The van der Waals surface area contributed by atoms with E-state index in [1.54, 1.807) is 17.6 Å². The summed E-state index contributed by atoms with van der Waals surface area (Å²) in [6.07, 6.45) is 5.77. The molecule has 7 nitrogen and oxygen atoms in total. The van der Waals surface area contributed by atoms with Crippen LogP contribution in [0.4, 0.5) is 10.8 Å². The Hall–Kier alpha value is -2.45. The van der Waals surface area contributed by atoms with Crippen molar-refractivity contribution in [3.05, 3.63) is 40.9 Å². The van der Waals surface area contributed by atoms with Gasteiger partial charge in [-0.1, -0.05) is 12.1 Å². The number of aromatic nitrogens is 1. The van der Waals surface area contributed by atoms with Gasteiger partial charge in [0.1, 0.15) is 0 Å². The summed E-state index contributed by atoms with van der Waals surface area (Å²) in [7, 11) is 0. The van der Waals surface area contributed by atoms with Gasteiger partial charge in [0.25, 0.3) is 0 Å². The normalized spacial score (nSPS) is 17.7. The Bertz CT molecular complexity index is 824. The molecule has 29 heavy (non-hydrogen) atoms. The predicted molar refractivity (Wildman–Crippen MR) is 117 cm³/mol. The Morgan fingerprint density at radius 2 is 1.86 bits per heavy atom. The third-order valence-corrected chi connectivity index (χ3v) is 6.13. The van der Waals surface area contributed by atoms with Gasteiger partial charge in [-0.05, 0) is 37.0 Å². The van der Waals surface area contributed by atoms with Crippen molar-refractivity contribution < 1.29 is 9.53 Å². The fourth-order valence-electron chi connectivity index (χ4n) is 3.58. The molecule has 2 saturated heterocycles. The summed E-state index contributed by atoms with van der Waals surface area (Å²) >= 11 is 1.57. The van der Waals surface area contributed by atoms with Crippen molar-refractivity contribution in [1.82, 2.24) is 10.4 Å². The first-order chi connectivity index (χ1) is 14.3. The molecule has 2 aliphatic rings. The summed E-state index contributed by atoms with van der Waals surface area (Å²) in [5.41, 5.74) is 5.59. The highest BCUT2D eigenvalue weighted by molar-refractivity contribution is 7.13. The molecule has 0 aliphatic carbocycles. The van der Waals surface area contributed by atoms with Crippen LogP contribution < -0.4 is 15.2 Å². The number of anilines is 2.